The highest BCUT2D eigenvalue weighted by atomic mass is 32.1. The van der Waals surface area contributed by atoms with E-state index in [0.717, 1.165) is 43.7 Å². The van der Waals surface area contributed by atoms with Crippen molar-refractivity contribution in [2.24, 2.45) is 11.3 Å². The summed E-state index contributed by atoms with van der Waals surface area (Å²) in [4.78, 5) is 19.0. The number of esters is 1. The normalized spacial score (nSPS) is 12.3. The summed E-state index contributed by atoms with van der Waals surface area (Å²) in [5.74, 6) is 6.25. The number of benzene rings is 2. The molecule has 0 aliphatic rings. The summed E-state index contributed by atoms with van der Waals surface area (Å²) in [6.07, 6.45) is 0. The van der Waals surface area contributed by atoms with Crippen LogP contribution < -0.4 is 21.3 Å². The van der Waals surface area contributed by atoms with Crippen molar-refractivity contribution in [2.45, 2.75) is 53.8 Å². The van der Waals surface area contributed by atoms with Crippen LogP contribution in [0.5, 0.6) is 5.75 Å². The van der Waals surface area contributed by atoms with Crippen molar-refractivity contribution in [3.63, 3.8) is 0 Å². The number of hydrogen-bond acceptors (Lipinski definition) is 9. The number of aryl methyl sites for hydroxylation is 1. The Kier molecular flexibility index (Phi) is 9.17. The number of hydrogen-bond donors (Lipinski definition) is 2. The third-order valence-electron chi connectivity index (χ3n) is 6.75. The molecule has 3 aromatic rings. The number of carbonyl (C=O) groups is 1. The number of methoxy groups -OCH3 is 2. The minimum atomic E-state index is -0.897. The monoisotopic (exact) mass is 526 g/mol. The lowest BCUT2D eigenvalue weighted by atomic mass is 9.73. The molecule has 1 aromatic heterocycles. The summed E-state index contributed by atoms with van der Waals surface area (Å²) >= 11 is 1.56. The first-order valence-corrected chi connectivity index (χ1v) is 13.0. The molecule has 0 aliphatic heterocycles. The van der Waals surface area contributed by atoms with E-state index in [-0.39, 0.29) is 11.9 Å². The zero-order valence-corrected chi connectivity index (χ0v) is 23.6. The SMILES string of the molecule is CCN(N)c1ccc(C(c2nc(COCc3ccc(OC)cc3)c(C)s2)C(C)(C)C(=O)OC)c(C)c1N. The van der Waals surface area contributed by atoms with Crippen LogP contribution in [0.1, 0.15) is 59.0 Å². The van der Waals surface area contributed by atoms with Crippen LogP contribution in [-0.2, 0) is 27.5 Å². The number of ether oxygens (including phenoxy) is 3. The molecule has 0 saturated heterocycles. The molecule has 0 spiro atoms. The first kappa shape index (κ1) is 28.4. The molecular formula is C28H38N4O4S. The van der Waals surface area contributed by atoms with E-state index in [4.69, 9.17) is 30.8 Å². The summed E-state index contributed by atoms with van der Waals surface area (Å²) in [5.41, 5.74) is 10.6. The van der Waals surface area contributed by atoms with E-state index >= 15 is 0 Å². The summed E-state index contributed by atoms with van der Waals surface area (Å²) in [5, 5.41) is 2.42. The predicted molar refractivity (Wildman–Crippen MR) is 149 cm³/mol. The smallest absolute Gasteiger partial charge is 0.312 e. The van der Waals surface area contributed by atoms with Crippen molar-refractivity contribution in [1.29, 1.82) is 0 Å². The van der Waals surface area contributed by atoms with Gasteiger partial charge in [-0.2, -0.15) is 0 Å². The average molecular weight is 527 g/mol. The number of hydrazine groups is 1. The Morgan fingerprint density at radius 2 is 1.78 bits per heavy atom. The predicted octanol–water partition coefficient (Wildman–Crippen LogP) is 5.10. The molecule has 37 heavy (non-hydrogen) atoms. The molecule has 1 heterocycles. The van der Waals surface area contributed by atoms with Gasteiger partial charge in [0.2, 0.25) is 0 Å². The van der Waals surface area contributed by atoms with Gasteiger partial charge in [0.25, 0.3) is 0 Å². The molecule has 8 nitrogen and oxygen atoms in total. The second-order valence-electron chi connectivity index (χ2n) is 9.54. The fraction of sp³-hybridized carbons (Fsp3) is 0.429. The van der Waals surface area contributed by atoms with Gasteiger partial charge in [0.1, 0.15) is 10.8 Å². The number of nitrogens with zero attached hydrogens (tertiary/aromatic N) is 2. The average Bonchev–Trinajstić information content (AvgIpc) is 3.25. The molecule has 0 fully saturated rings. The fourth-order valence-corrected chi connectivity index (χ4v) is 5.60. The van der Waals surface area contributed by atoms with Crippen LogP contribution in [0.15, 0.2) is 36.4 Å². The second kappa shape index (κ2) is 11.9. The van der Waals surface area contributed by atoms with E-state index in [1.54, 1.807) is 23.5 Å². The highest BCUT2D eigenvalue weighted by molar-refractivity contribution is 7.11. The Morgan fingerprint density at radius 3 is 2.38 bits per heavy atom. The zero-order valence-electron chi connectivity index (χ0n) is 22.8. The number of aromatic nitrogens is 1. The van der Waals surface area contributed by atoms with Gasteiger partial charge in [-0.1, -0.05) is 18.2 Å². The topological polar surface area (TPSA) is 113 Å². The van der Waals surface area contributed by atoms with Gasteiger partial charge in [-0.3, -0.25) is 4.79 Å². The van der Waals surface area contributed by atoms with Crippen LogP contribution in [0.25, 0.3) is 0 Å². The van der Waals surface area contributed by atoms with Gasteiger partial charge in [-0.25, -0.2) is 10.8 Å². The van der Waals surface area contributed by atoms with Crippen molar-refractivity contribution >= 4 is 28.7 Å². The highest BCUT2D eigenvalue weighted by Gasteiger charge is 2.43. The highest BCUT2D eigenvalue weighted by Crippen LogP contribution is 2.46. The van der Waals surface area contributed by atoms with Gasteiger partial charge >= 0.3 is 5.97 Å². The maximum Gasteiger partial charge on any atom is 0.312 e. The van der Waals surface area contributed by atoms with Crippen LogP contribution in [0.2, 0.25) is 0 Å². The molecule has 1 unspecified atom stereocenters. The Bertz CT molecular complexity index is 1220. The van der Waals surface area contributed by atoms with Crippen LogP contribution in [-0.4, -0.2) is 31.7 Å². The van der Waals surface area contributed by atoms with E-state index in [0.29, 0.717) is 25.4 Å². The minimum Gasteiger partial charge on any atom is -0.497 e. The van der Waals surface area contributed by atoms with Crippen LogP contribution in [0.3, 0.4) is 0 Å². The molecule has 0 saturated carbocycles. The summed E-state index contributed by atoms with van der Waals surface area (Å²) in [6.45, 7) is 11.1. The third-order valence-corrected chi connectivity index (χ3v) is 7.83. The van der Waals surface area contributed by atoms with Gasteiger partial charge in [0.05, 0.1) is 55.8 Å². The standard InChI is InChI=1S/C28H38N4O4S/c1-8-32(30)23-14-13-21(17(2)25(23)29)24(28(4,5)27(33)35-7)26-31-22(18(3)37-26)16-36-15-19-9-11-20(34-6)12-10-19/h9-14,24H,8,15-16,29-30H2,1-7H3. The largest absolute Gasteiger partial charge is 0.497 e. The first-order chi connectivity index (χ1) is 17.5. The van der Waals surface area contributed by atoms with Crippen LogP contribution in [0, 0.1) is 19.3 Å². The molecule has 9 heteroatoms. The van der Waals surface area contributed by atoms with Gasteiger partial charge in [-0.15, -0.1) is 11.3 Å². The Hall–Kier alpha value is -3.14. The molecule has 3 rings (SSSR count). The van der Waals surface area contributed by atoms with E-state index in [1.165, 1.54) is 7.11 Å². The summed E-state index contributed by atoms with van der Waals surface area (Å²) in [7, 11) is 3.05. The van der Waals surface area contributed by atoms with Crippen molar-refractivity contribution in [2.75, 3.05) is 31.5 Å². The maximum atomic E-state index is 13.0. The molecule has 2 aromatic carbocycles. The number of anilines is 2. The fourth-order valence-electron chi connectivity index (χ4n) is 4.37. The lowest BCUT2D eigenvalue weighted by molar-refractivity contribution is -0.151. The number of thiazole rings is 1. The van der Waals surface area contributed by atoms with E-state index in [2.05, 4.69) is 0 Å². The zero-order chi connectivity index (χ0) is 27.3. The van der Waals surface area contributed by atoms with Gasteiger partial charge in [0.15, 0.2) is 0 Å². The molecular weight excluding hydrogens is 488 g/mol. The van der Waals surface area contributed by atoms with Gasteiger partial charge < -0.3 is 25.0 Å². The van der Waals surface area contributed by atoms with Crippen molar-refractivity contribution < 1.29 is 19.0 Å². The van der Waals surface area contributed by atoms with Crippen molar-refractivity contribution in [3.8, 4) is 5.75 Å². The molecule has 1 atom stereocenters. The van der Waals surface area contributed by atoms with Crippen LogP contribution in [0.4, 0.5) is 11.4 Å². The van der Waals surface area contributed by atoms with Crippen molar-refractivity contribution in [1.82, 2.24) is 4.98 Å². The Morgan fingerprint density at radius 1 is 1.11 bits per heavy atom. The quantitative estimate of drug-likeness (QED) is 0.154. The molecule has 0 bridgehead atoms. The van der Waals surface area contributed by atoms with E-state index in [9.17, 15) is 4.79 Å². The van der Waals surface area contributed by atoms with Gasteiger partial charge in [-0.05, 0) is 69.5 Å². The molecule has 0 aliphatic carbocycles. The lowest BCUT2D eigenvalue weighted by Gasteiger charge is -2.33. The maximum absolute atomic E-state index is 13.0. The number of nitrogens with two attached hydrogens (primary N) is 2. The minimum absolute atomic E-state index is 0.321. The lowest BCUT2D eigenvalue weighted by Crippen LogP contribution is -2.34. The van der Waals surface area contributed by atoms with Crippen molar-refractivity contribution in [3.05, 3.63) is 68.7 Å². The summed E-state index contributed by atoms with van der Waals surface area (Å²) in [6, 6.07) is 11.7. The molecule has 200 valence electrons. The number of rotatable bonds is 11. The molecule has 4 N–H and O–H groups in total. The second-order valence-corrected chi connectivity index (χ2v) is 10.8. The Labute approximate surface area is 223 Å². The number of nitrogen functional groups attached to an aromatic ring is 1. The molecule has 0 radical (unpaired) electrons. The van der Waals surface area contributed by atoms with Gasteiger partial charge in [0, 0.05) is 11.4 Å². The molecule has 0 amide bonds. The first-order valence-electron chi connectivity index (χ1n) is 12.2. The summed E-state index contributed by atoms with van der Waals surface area (Å²) < 4.78 is 16.4. The Balaban J connectivity index is 1.95. The van der Waals surface area contributed by atoms with Crippen LogP contribution >= 0.6 is 11.3 Å². The van der Waals surface area contributed by atoms with E-state index in [1.807, 2.05) is 71.0 Å². The third kappa shape index (κ3) is 6.06. The van der Waals surface area contributed by atoms with E-state index < -0.39 is 5.41 Å². The number of carbonyl (C=O) groups excluding carboxylic acids is 1.